The van der Waals surface area contributed by atoms with Gasteiger partial charge in [0.25, 0.3) is 0 Å². The van der Waals surface area contributed by atoms with Crippen molar-refractivity contribution in [3.05, 3.63) is 34.3 Å². The Morgan fingerprint density at radius 3 is 2.35 bits per heavy atom. The fourth-order valence-electron chi connectivity index (χ4n) is 3.54. The zero-order valence-corrected chi connectivity index (χ0v) is 13.9. The van der Waals surface area contributed by atoms with Gasteiger partial charge in [-0.15, -0.1) is 0 Å². The lowest BCUT2D eigenvalue weighted by atomic mass is 9.77. The van der Waals surface area contributed by atoms with Gasteiger partial charge in [0.05, 0.1) is 0 Å². The second-order valence-electron chi connectivity index (χ2n) is 6.67. The lowest BCUT2D eigenvalue weighted by Gasteiger charge is -2.31. The number of hydrogen-bond donors (Lipinski definition) is 1. The van der Waals surface area contributed by atoms with Gasteiger partial charge in [0, 0.05) is 10.5 Å². The van der Waals surface area contributed by atoms with Gasteiger partial charge in [-0.05, 0) is 55.3 Å². The van der Waals surface area contributed by atoms with Gasteiger partial charge in [-0.1, -0.05) is 60.2 Å². The average Bonchev–Trinajstić information content (AvgIpc) is 3.31. The summed E-state index contributed by atoms with van der Waals surface area (Å²) >= 11 is 3.53. The van der Waals surface area contributed by atoms with Crippen LogP contribution in [0.4, 0.5) is 0 Å². The Kier molecular flexibility index (Phi) is 5.17. The van der Waals surface area contributed by atoms with Crippen LogP contribution in [0.3, 0.4) is 0 Å². The summed E-state index contributed by atoms with van der Waals surface area (Å²) in [4.78, 5) is 0. The summed E-state index contributed by atoms with van der Waals surface area (Å²) in [6.45, 7) is 1.23. The Bertz CT molecular complexity index is 404. The van der Waals surface area contributed by atoms with Gasteiger partial charge in [-0.3, -0.25) is 0 Å². The minimum Gasteiger partial charge on any atom is -0.314 e. The number of rotatable bonds is 6. The highest BCUT2D eigenvalue weighted by atomic mass is 79.9. The molecule has 20 heavy (non-hydrogen) atoms. The van der Waals surface area contributed by atoms with Crippen LogP contribution in [0.25, 0.3) is 0 Å². The third kappa shape index (κ3) is 4.33. The summed E-state index contributed by atoms with van der Waals surface area (Å²) in [6, 6.07) is 9.78. The van der Waals surface area contributed by atoms with Crippen LogP contribution in [0.15, 0.2) is 28.7 Å². The molecule has 0 amide bonds. The summed E-state index contributed by atoms with van der Waals surface area (Å²) in [5.74, 6) is 1.77. The smallest absolute Gasteiger partial charge is 0.0175 e. The quantitative estimate of drug-likeness (QED) is 0.776. The molecule has 0 bridgehead atoms. The molecular weight excluding hydrogens is 310 g/mol. The van der Waals surface area contributed by atoms with E-state index in [-0.39, 0.29) is 0 Å². The molecule has 2 aliphatic rings. The van der Waals surface area contributed by atoms with E-state index in [0.717, 1.165) is 17.9 Å². The van der Waals surface area contributed by atoms with Crippen LogP contribution in [0.5, 0.6) is 0 Å². The van der Waals surface area contributed by atoms with Gasteiger partial charge in [-0.25, -0.2) is 0 Å². The average molecular weight is 336 g/mol. The second-order valence-corrected chi connectivity index (χ2v) is 7.59. The van der Waals surface area contributed by atoms with E-state index in [1.807, 2.05) is 0 Å². The monoisotopic (exact) mass is 335 g/mol. The maximum absolute atomic E-state index is 3.78. The fraction of sp³-hybridized carbons (Fsp3) is 0.667. The maximum Gasteiger partial charge on any atom is 0.0175 e. The van der Waals surface area contributed by atoms with E-state index in [1.54, 1.807) is 0 Å². The molecule has 0 aromatic heterocycles. The topological polar surface area (TPSA) is 12.0 Å². The highest BCUT2D eigenvalue weighted by Gasteiger charge is 2.27. The molecule has 0 saturated heterocycles. The molecule has 1 unspecified atom stereocenters. The van der Waals surface area contributed by atoms with Gasteiger partial charge >= 0.3 is 0 Å². The van der Waals surface area contributed by atoms with E-state index in [2.05, 4.69) is 45.5 Å². The molecule has 1 aromatic carbocycles. The van der Waals surface area contributed by atoms with Gasteiger partial charge in [0.15, 0.2) is 0 Å². The summed E-state index contributed by atoms with van der Waals surface area (Å²) < 4.78 is 1.19. The Morgan fingerprint density at radius 1 is 1.00 bits per heavy atom. The summed E-state index contributed by atoms with van der Waals surface area (Å²) in [5, 5.41) is 3.78. The standard InChI is InChI=1S/C18H26BrN/c19-17-8-6-14(7-9-17)12-16(13-20-18-10-11-18)15-4-2-1-3-5-15/h6-9,15-16,18,20H,1-5,10-13H2. The molecule has 0 aliphatic heterocycles. The Morgan fingerprint density at radius 2 is 1.70 bits per heavy atom. The molecule has 1 atom stereocenters. The van der Waals surface area contributed by atoms with Crippen molar-refractivity contribution >= 4 is 15.9 Å². The zero-order valence-electron chi connectivity index (χ0n) is 12.3. The van der Waals surface area contributed by atoms with Crippen molar-refractivity contribution in [1.29, 1.82) is 0 Å². The van der Waals surface area contributed by atoms with E-state index in [0.29, 0.717) is 0 Å². The lowest BCUT2D eigenvalue weighted by Crippen LogP contribution is -2.32. The normalized spacial score (nSPS) is 21.9. The van der Waals surface area contributed by atoms with Gasteiger partial charge in [0.1, 0.15) is 0 Å². The molecule has 1 nitrogen and oxygen atoms in total. The van der Waals surface area contributed by atoms with E-state index in [4.69, 9.17) is 0 Å². The van der Waals surface area contributed by atoms with Crippen molar-refractivity contribution in [1.82, 2.24) is 5.32 Å². The Balaban J connectivity index is 1.61. The Hall–Kier alpha value is -0.340. The fourth-order valence-corrected chi connectivity index (χ4v) is 3.80. The second kappa shape index (κ2) is 7.09. The van der Waals surface area contributed by atoms with Crippen molar-refractivity contribution in [2.45, 2.75) is 57.4 Å². The molecule has 2 heteroatoms. The highest BCUT2D eigenvalue weighted by Crippen LogP contribution is 2.32. The number of hydrogen-bond acceptors (Lipinski definition) is 1. The van der Waals surface area contributed by atoms with Crippen molar-refractivity contribution in [2.75, 3.05) is 6.54 Å². The van der Waals surface area contributed by atoms with Gasteiger partial charge in [0.2, 0.25) is 0 Å². The maximum atomic E-state index is 3.78. The molecule has 0 spiro atoms. The van der Waals surface area contributed by atoms with Crippen LogP contribution in [-0.2, 0) is 6.42 Å². The largest absolute Gasteiger partial charge is 0.314 e. The van der Waals surface area contributed by atoms with Crippen LogP contribution in [-0.4, -0.2) is 12.6 Å². The minimum atomic E-state index is 0.831. The van der Waals surface area contributed by atoms with Crippen LogP contribution in [0.1, 0.15) is 50.5 Å². The van der Waals surface area contributed by atoms with Crippen LogP contribution in [0, 0.1) is 11.8 Å². The number of halogens is 1. The molecular formula is C18H26BrN. The minimum absolute atomic E-state index is 0.831. The highest BCUT2D eigenvalue weighted by molar-refractivity contribution is 9.10. The van der Waals surface area contributed by atoms with Crippen molar-refractivity contribution in [3.8, 4) is 0 Å². The van der Waals surface area contributed by atoms with Crippen molar-refractivity contribution < 1.29 is 0 Å². The van der Waals surface area contributed by atoms with E-state index in [1.165, 1.54) is 67.9 Å². The summed E-state index contributed by atoms with van der Waals surface area (Å²) in [6.07, 6.45) is 11.3. The summed E-state index contributed by atoms with van der Waals surface area (Å²) in [7, 11) is 0. The number of benzene rings is 1. The van der Waals surface area contributed by atoms with E-state index in [9.17, 15) is 0 Å². The van der Waals surface area contributed by atoms with Crippen LogP contribution in [0.2, 0.25) is 0 Å². The first-order chi connectivity index (χ1) is 9.81. The lowest BCUT2D eigenvalue weighted by molar-refractivity contribution is 0.239. The molecule has 2 fully saturated rings. The number of nitrogens with one attached hydrogen (secondary N) is 1. The van der Waals surface area contributed by atoms with Gasteiger partial charge in [-0.2, -0.15) is 0 Å². The van der Waals surface area contributed by atoms with Crippen LogP contribution < -0.4 is 5.32 Å². The molecule has 0 radical (unpaired) electrons. The van der Waals surface area contributed by atoms with Gasteiger partial charge < -0.3 is 5.32 Å². The molecule has 1 aromatic rings. The molecule has 2 saturated carbocycles. The predicted molar refractivity (Wildman–Crippen MR) is 88.9 cm³/mol. The molecule has 110 valence electrons. The van der Waals surface area contributed by atoms with E-state index >= 15 is 0 Å². The van der Waals surface area contributed by atoms with Crippen molar-refractivity contribution in [3.63, 3.8) is 0 Å². The summed E-state index contributed by atoms with van der Waals surface area (Å²) in [5.41, 5.74) is 1.50. The first-order valence-corrected chi connectivity index (χ1v) is 9.08. The molecule has 3 rings (SSSR count). The molecule has 0 heterocycles. The first-order valence-electron chi connectivity index (χ1n) is 8.29. The predicted octanol–water partition coefficient (Wildman–Crippen LogP) is 4.94. The Labute approximate surface area is 131 Å². The zero-order chi connectivity index (χ0) is 13.8. The van der Waals surface area contributed by atoms with Crippen LogP contribution >= 0.6 is 15.9 Å². The van der Waals surface area contributed by atoms with E-state index < -0.39 is 0 Å². The molecule has 2 aliphatic carbocycles. The third-order valence-corrected chi connectivity index (χ3v) is 5.50. The first kappa shape index (κ1) is 14.6. The van der Waals surface area contributed by atoms with Crippen molar-refractivity contribution in [2.24, 2.45) is 11.8 Å². The molecule has 1 N–H and O–H groups in total. The third-order valence-electron chi connectivity index (χ3n) is 4.97. The SMILES string of the molecule is Brc1ccc(CC(CNC2CC2)C2CCCCC2)cc1.